The van der Waals surface area contributed by atoms with E-state index in [2.05, 4.69) is 29.9 Å². The minimum absolute atomic E-state index is 0.00989. The van der Waals surface area contributed by atoms with Gasteiger partial charge in [-0.1, -0.05) is 39.5 Å². The number of anilines is 1. The van der Waals surface area contributed by atoms with Gasteiger partial charge in [-0.2, -0.15) is 4.31 Å². The minimum Gasteiger partial charge on any atom is -0.385 e. The van der Waals surface area contributed by atoms with Gasteiger partial charge in [-0.15, -0.1) is 0 Å². The van der Waals surface area contributed by atoms with Gasteiger partial charge in [0, 0.05) is 37.1 Å². The van der Waals surface area contributed by atoms with E-state index in [0.717, 1.165) is 29.0 Å². The minimum atomic E-state index is -5.59. The first kappa shape index (κ1) is 46.9. The molecular weight excluding hydrogens is 819 g/mol. The van der Waals surface area contributed by atoms with Gasteiger partial charge in [-0.3, -0.25) is 32.5 Å². The maximum absolute atomic E-state index is 12.7. The number of ether oxygens (including phenoxy) is 1. The number of thioether (sulfide) groups is 1. The number of rotatable bonds is 21. The van der Waals surface area contributed by atoms with Crippen molar-refractivity contribution in [2.75, 3.05) is 37.8 Å². The SMILES string of the molecule is CC(C)CC(=O)SCCNC(=O)CCNC(=O)C(O)C(C)(C)COP(=O)(O)OP(=O)(O)OCC1OC(C)(n2cnc3c(N)ncnc32)C(O)C1OP(=O)(O)O. The lowest BCUT2D eigenvalue weighted by Crippen LogP contribution is -2.46. The van der Waals surface area contributed by atoms with E-state index in [1.165, 1.54) is 20.8 Å². The molecule has 3 rings (SSSR count). The quantitative estimate of drug-likeness (QED) is 0.0583. The van der Waals surface area contributed by atoms with Gasteiger partial charge in [-0.25, -0.2) is 28.6 Å². The Kier molecular flexibility index (Phi) is 16.1. The Labute approximate surface area is 318 Å². The molecule has 0 aromatic carbocycles. The van der Waals surface area contributed by atoms with E-state index in [1.807, 2.05) is 13.8 Å². The van der Waals surface area contributed by atoms with Gasteiger partial charge >= 0.3 is 23.5 Å². The molecular formula is C27H46N7O17P3S. The molecule has 1 saturated heterocycles. The third-order valence-electron chi connectivity index (χ3n) is 7.83. The Balaban J connectivity index is 1.54. The van der Waals surface area contributed by atoms with Crippen LogP contribution in [0.25, 0.3) is 11.2 Å². The van der Waals surface area contributed by atoms with E-state index in [1.54, 1.807) is 0 Å². The summed E-state index contributed by atoms with van der Waals surface area (Å²) in [7, 11) is -16.4. The molecule has 7 unspecified atom stereocenters. The van der Waals surface area contributed by atoms with Gasteiger partial charge in [0.15, 0.2) is 22.3 Å². The van der Waals surface area contributed by atoms with E-state index in [-0.39, 0.29) is 47.5 Å². The lowest BCUT2D eigenvalue weighted by molar-refractivity contribution is -0.137. The first-order valence-corrected chi connectivity index (χ1v) is 21.9. The van der Waals surface area contributed by atoms with Crippen LogP contribution in [0, 0.1) is 11.3 Å². The summed E-state index contributed by atoms with van der Waals surface area (Å²) in [5.41, 5.74) is 2.31. The number of aliphatic hydroxyl groups is 2. The van der Waals surface area contributed by atoms with Crippen LogP contribution in [0.2, 0.25) is 0 Å². The number of imidazole rings is 1. The highest BCUT2D eigenvalue weighted by molar-refractivity contribution is 8.13. The van der Waals surface area contributed by atoms with Crippen molar-refractivity contribution >= 4 is 69.1 Å². The number of amides is 2. The molecule has 2 amide bonds. The molecule has 0 saturated carbocycles. The number of hydrogen-bond donors (Lipinski definition) is 9. The third kappa shape index (κ3) is 13.6. The van der Waals surface area contributed by atoms with Crippen LogP contribution < -0.4 is 16.4 Å². The monoisotopic (exact) mass is 865 g/mol. The zero-order valence-corrected chi connectivity index (χ0v) is 33.8. The molecule has 7 atom stereocenters. The summed E-state index contributed by atoms with van der Waals surface area (Å²) in [5, 5.41) is 26.6. The molecule has 1 fully saturated rings. The Morgan fingerprint density at radius 3 is 2.36 bits per heavy atom. The van der Waals surface area contributed by atoms with E-state index in [0.29, 0.717) is 12.2 Å². The molecule has 28 heteroatoms. The maximum Gasteiger partial charge on any atom is 0.481 e. The summed E-state index contributed by atoms with van der Waals surface area (Å²) in [6, 6.07) is 0. The molecule has 0 bridgehead atoms. The predicted octanol–water partition coefficient (Wildman–Crippen LogP) is -0.115. The zero-order chi connectivity index (χ0) is 41.6. The molecule has 10 N–H and O–H groups in total. The molecule has 0 radical (unpaired) electrons. The van der Waals surface area contributed by atoms with Gasteiger partial charge in [0.2, 0.25) is 11.8 Å². The molecule has 2 aromatic rings. The van der Waals surface area contributed by atoms with Crippen LogP contribution in [0.15, 0.2) is 12.7 Å². The second kappa shape index (κ2) is 18.9. The van der Waals surface area contributed by atoms with Crippen molar-refractivity contribution in [1.82, 2.24) is 30.2 Å². The maximum atomic E-state index is 12.7. The Morgan fingerprint density at radius 1 is 1.07 bits per heavy atom. The molecule has 3 heterocycles. The van der Waals surface area contributed by atoms with Crippen LogP contribution >= 0.6 is 35.2 Å². The molecule has 55 heavy (non-hydrogen) atoms. The highest BCUT2D eigenvalue weighted by Crippen LogP contribution is 2.61. The fourth-order valence-corrected chi connectivity index (χ4v) is 8.70. The number of phosphoric ester groups is 3. The first-order chi connectivity index (χ1) is 25.3. The van der Waals surface area contributed by atoms with E-state index in [9.17, 15) is 57.9 Å². The second-order valence-electron chi connectivity index (χ2n) is 13.5. The van der Waals surface area contributed by atoms with Crippen molar-refractivity contribution in [3.05, 3.63) is 12.7 Å². The number of phosphoric acid groups is 3. The largest absolute Gasteiger partial charge is 0.481 e. The van der Waals surface area contributed by atoms with Crippen LogP contribution in [0.5, 0.6) is 0 Å². The summed E-state index contributed by atoms with van der Waals surface area (Å²) in [5.74, 6) is -0.854. The molecule has 312 valence electrons. The van der Waals surface area contributed by atoms with E-state index >= 15 is 0 Å². The lowest BCUT2D eigenvalue weighted by Gasteiger charge is -2.30. The summed E-state index contributed by atoms with van der Waals surface area (Å²) < 4.78 is 62.6. The average Bonchev–Trinajstić information content (AvgIpc) is 3.60. The normalized spacial score (nSPS) is 23.3. The standard InChI is InChI=1S/C27H46N7O17P3S/c1-15(2)10-18(36)55-9-8-29-17(35)6-7-30-25(39)22(38)26(3,4)12-48-54(45,46)51-53(43,44)47-11-16-20(50-52(40,41)42)21(37)27(5,49-16)34-14-33-19-23(28)31-13-32-24(19)34/h13-16,20-22,37-38H,6-12H2,1-5H3,(H,29,35)(H,30,39)(H,43,44)(H,45,46)(H2,28,31,32)(H2,40,41,42). The molecule has 1 aliphatic rings. The number of carbonyl (C=O) groups is 3. The van der Waals surface area contributed by atoms with Crippen molar-refractivity contribution in [1.29, 1.82) is 0 Å². The summed E-state index contributed by atoms with van der Waals surface area (Å²) in [6.45, 7) is 5.59. The zero-order valence-electron chi connectivity index (χ0n) is 30.3. The number of aliphatic hydroxyl groups excluding tert-OH is 2. The Hall–Kier alpha value is -2.44. The second-order valence-corrected chi connectivity index (χ2v) is 18.8. The predicted molar refractivity (Wildman–Crippen MR) is 191 cm³/mol. The fourth-order valence-electron chi connectivity index (χ4n) is 5.00. The number of nitrogens with two attached hydrogens (primary N) is 1. The van der Waals surface area contributed by atoms with Crippen molar-refractivity contribution < 1.29 is 80.5 Å². The average molecular weight is 866 g/mol. The highest BCUT2D eigenvalue weighted by atomic mass is 32.2. The smallest absolute Gasteiger partial charge is 0.385 e. The third-order valence-corrected chi connectivity index (χ3v) is 11.8. The van der Waals surface area contributed by atoms with Gasteiger partial charge in [-0.05, 0) is 12.8 Å². The van der Waals surface area contributed by atoms with Crippen LogP contribution in [0.3, 0.4) is 0 Å². The Bertz CT molecular complexity index is 1830. The summed E-state index contributed by atoms with van der Waals surface area (Å²) in [6.07, 6.45) is -5.06. The van der Waals surface area contributed by atoms with Crippen LogP contribution in [0.4, 0.5) is 5.82 Å². The number of aromatic nitrogens is 4. The van der Waals surface area contributed by atoms with Gasteiger partial charge in [0.25, 0.3) is 0 Å². The topological polar surface area (TPSA) is 364 Å². The number of fused-ring (bicyclic) bond motifs is 1. The highest BCUT2D eigenvalue weighted by Gasteiger charge is 2.57. The number of hydrogen-bond acceptors (Lipinski definition) is 18. The number of nitrogen functional groups attached to an aromatic ring is 1. The number of nitrogens with one attached hydrogen (secondary N) is 2. The summed E-state index contributed by atoms with van der Waals surface area (Å²) >= 11 is 1.10. The van der Waals surface area contributed by atoms with Crippen LogP contribution in [-0.4, -0.2) is 123 Å². The van der Waals surface area contributed by atoms with Crippen molar-refractivity contribution in [2.24, 2.45) is 11.3 Å². The van der Waals surface area contributed by atoms with E-state index in [4.69, 9.17) is 24.0 Å². The molecule has 24 nitrogen and oxygen atoms in total. The first-order valence-electron chi connectivity index (χ1n) is 16.3. The molecule has 0 aliphatic carbocycles. The van der Waals surface area contributed by atoms with Crippen molar-refractivity contribution in [3.63, 3.8) is 0 Å². The lowest BCUT2D eigenvalue weighted by atomic mass is 9.87. The molecule has 2 aromatic heterocycles. The fraction of sp³-hybridized carbons (Fsp3) is 0.704. The van der Waals surface area contributed by atoms with Crippen molar-refractivity contribution in [2.45, 2.75) is 77.6 Å². The molecule has 0 spiro atoms. The van der Waals surface area contributed by atoms with Crippen molar-refractivity contribution in [3.8, 4) is 0 Å². The number of carbonyl (C=O) groups excluding carboxylic acids is 3. The van der Waals surface area contributed by atoms with Crippen LogP contribution in [0.1, 0.15) is 47.5 Å². The number of nitrogens with zero attached hydrogens (tertiary/aromatic N) is 4. The Morgan fingerprint density at radius 2 is 1.73 bits per heavy atom. The van der Waals surface area contributed by atoms with Crippen LogP contribution in [-0.2, 0) is 56.4 Å². The van der Waals surface area contributed by atoms with Gasteiger partial charge in [0.05, 0.1) is 19.5 Å². The van der Waals surface area contributed by atoms with Gasteiger partial charge < -0.3 is 50.9 Å². The van der Waals surface area contributed by atoms with Gasteiger partial charge in [0.1, 0.15) is 36.3 Å². The van der Waals surface area contributed by atoms with E-state index < -0.39 is 84.1 Å². The summed E-state index contributed by atoms with van der Waals surface area (Å²) in [4.78, 5) is 87.6. The molecule has 1 aliphatic heterocycles.